The van der Waals surface area contributed by atoms with Gasteiger partial charge in [-0.2, -0.15) is 0 Å². The molecule has 1 aliphatic rings. The van der Waals surface area contributed by atoms with E-state index < -0.39 is 0 Å². The lowest BCUT2D eigenvalue weighted by molar-refractivity contribution is 0.0930. The van der Waals surface area contributed by atoms with E-state index >= 15 is 0 Å². The summed E-state index contributed by atoms with van der Waals surface area (Å²) in [7, 11) is 1.57. The van der Waals surface area contributed by atoms with Gasteiger partial charge >= 0.3 is 0 Å². The fraction of sp³-hybridized carbons (Fsp3) is 0.267. The molecule has 0 aliphatic heterocycles. The van der Waals surface area contributed by atoms with Crippen molar-refractivity contribution in [1.29, 1.82) is 0 Å². The number of ether oxygens (including phenoxy) is 1. The molecular weight excluding hydrogens is 478 g/mol. The number of fused-ring (bicyclic) bond motifs is 1. The van der Waals surface area contributed by atoms with E-state index in [9.17, 15) is 9.59 Å². The van der Waals surface area contributed by atoms with Crippen LogP contribution in [0.3, 0.4) is 0 Å². The van der Waals surface area contributed by atoms with Crippen LogP contribution < -0.4 is 15.4 Å². The van der Waals surface area contributed by atoms with Crippen molar-refractivity contribution >= 4 is 11.8 Å². The molecule has 0 spiro atoms. The average Bonchev–Trinajstić information content (AvgIpc) is 3.21. The Morgan fingerprint density at radius 1 is 0.974 bits per heavy atom. The van der Waals surface area contributed by atoms with Crippen LogP contribution in [0.4, 0.5) is 0 Å². The number of aryl methyl sites for hydroxylation is 2. The Bertz CT molecular complexity index is 1480. The standard InChI is InChI=1S/C30H31N5O3/c1-19-14-27(20(2)35(19)18-21-8-11-32-12-9-21)29(36)34-24-6-4-22-5-7-25(16-23(22)15-24)38-26-10-13-33-28(17-26)30(37)31-3/h5,7-14,16-17,24H,4,6,15,18H2,1-3H3,(H,31,37)(H,34,36). The van der Waals surface area contributed by atoms with Gasteiger partial charge in [0.1, 0.15) is 17.2 Å². The van der Waals surface area contributed by atoms with Gasteiger partial charge < -0.3 is 19.9 Å². The number of amides is 2. The number of rotatable bonds is 7. The highest BCUT2D eigenvalue weighted by Gasteiger charge is 2.23. The Labute approximate surface area is 222 Å². The van der Waals surface area contributed by atoms with Crippen LogP contribution in [0.2, 0.25) is 0 Å². The number of nitrogens with one attached hydrogen (secondary N) is 2. The molecule has 2 amide bonds. The van der Waals surface area contributed by atoms with Gasteiger partial charge in [-0.1, -0.05) is 6.07 Å². The van der Waals surface area contributed by atoms with Gasteiger partial charge in [0.25, 0.3) is 11.8 Å². The summed E-state index contributed by atoms with van der Waals surface area (Å²) in [5.41, 5.74) is 6.58. The number of aromatic nitrogens is 3. The number of benzene rings is 1. The van der Waals surface area contributed by atoms with Crippen molar-refractivity contribution in [1.82, 2.24) is 25.2 Å². The molecule has 1 aliphatic carbocycles. The molecule has 5 rings (SSSR count). The molecular formula is C30H31N5O3. The second kappa shape index (κ2) is 10.9. The van der Waals surface area contributed by atoms with Crippen LogP contribution in [-0.2, 0) is 19.4 Å². The number of pyridine rings is 2. The van der Waals surface area contributed by atoms with Crippen LogP contribution in [0.15, 0.2) is 67.1 Å². The number of carbonyl (C=O) groups excluding carboxylic acids is 2. The fourth-order valence-electron chi connectivity index (χ4n) is 4.99. The normalized spacial score (nSPS) is 14.4. The van der Waals surface area contributed by atoms with E-state index in [2.05, 4.69) is 31.2 Å². The molecule has 0 saturated heterocycles. The van der Waals surface area contributed by atoms with E-state index in [0.717, 1.165) is 41.8 Å². The average molecular weight is 510 g/mol. The Kier molecular flexibility index (Phi) is 7.22. The molecule has 0 saturated carbocycles. The zero-order valence-corrected chi connectivity index (χ0v) is 21.8. The van der Waals surface area contributed by atoms with E-state index in [1.165, 1.54) is 5.56 Å². The van der Waals surface area contributed by atoms with Crippen LogP contribution in [0.5, 0.6) is 11.5 Å². The van der Waals surface area contributed by atoms with Gasteiger partial charge in [-0.15, -0.1) is 0 Å². The summed E-state index contributed by atoms with van der Waals surface area (Å²) in [5, 5.41) is 5.83. The van der Waals surface area contributed by atoms with Crippen LogP contribution in [0.25, 0.3) is 0 Å². The highest BCUT2D eigenvalue weighted by atomic mass is 16.5. The number of nitrogens with zero attached hydrogens (tertiary/aromatic N) is 3. The van der Waals surface area contributed by atoms with Crippen molar-refractivity contribution in [3.8, 4) is 11.5 Å². The monoisotopic (exact) mass is 509 g/mol. The van der Waals surface area contributed by atoms with E-state index in [4.69, 9.17) is 4.74 Å². The van der Waals surface area contributed by atoms with Crippen LogP contribution in [0.1, 0.15) is 55.3 Å². The maximum Gasteiger partial charge on any atom is 0.269 e. The Morgan fingerprint density at radius 3 is 2.55 bits per heavy atom. The summed E-state index contributed by atoms with van der Waals surface area (Å²) in [6.07, 6.45) is 7.62. The third kappa shape index (κ3) is 5.44. The van der Waals surface area contributed by atoms with Crippen molar-refractivity contribution in [2.75, 3.05) is 7.05 Å². The summed E-state index contributed by atoms with van der Waals surface area (Å²) >= 11 is 0. The lowest BCUT2D eigenvalue weighted by Gasteiger charge is -2.26. The van der Waals surface area contributed by atoms with Gasteiger partial charge in [0.05, 0.1) is 5.56 Å². The maximum atomic E-state index is 13.3. The highest BCUT2D eigenvalue weighted by Crippen LogP contribution is 2.29. The first-order valence-corrected chi connectivity index (χ1v) is 12.8. The second-order valence-electron chi connectivity index (χ2n) is 9.63. The largest absolute Gasteiger partial charge is 0.457 e. The molecule has 38 heavy (non-hydrogen) atoms. The number of hydrogen-bond donors (Lipinski definition) is 2. The van der Waals surface area contributed by atoms with Crippen LogP contribution in [-0.4, -0.2) is 39.4 Å². The number of hydrogen-bond acceptors (Lipinski definition) is 5. The maximum absolute atomic E-state index is 13.3. The van der Waals surface area contributed by atoms with Crippen molar-refractivity contribution in [3.63, 3.8) is 0 Å². The third-order valence-corrected chi connectivity index (χ3v) is 7.08. The molecule has 0 radical (unpaired) electrons. The quantitative estimate of drug-likeness (QED) is 0.385. The molecule has 8 nitrogen and oxygen atoms in total. The summed E-state index contributed by atoms with van der Waals surface area (Å²) in [4.78, 5) is 33.3. The molecule has 1 atom stereocenters. The minimum Gasteiger partial charge on any atom is -0.457 e. The topological polar surface area (TPSA) is 98.1 Å². The van der Waals surface area contributed by atoms with Gasteiger partial charge in [-0.3, -0.25) is 19.6 Å². The van der Waals surface area contributed by atoms with E-state index in [-0.39, 0.29) is 17.9 Å². The van der Waals surface area contributed by atoms with E-state index in [1.807, 2.05) is 44.2 Å². The highest BCUT2D eigenvalue weighted by molar-refractivity contribution is 5.96. The van der Waals surface area contributed by atoms with Gasteiger partial charge in [-0.25, -0.2) is 0 Å². The molecule has 4 aromatic rings. The first-order valence-electron chi connectivity index (χ1n) is 12.8. The first-order chi connectivity index (χ1) is 18.4. The Balaban J connectivity index is 1.27. The molecule has 8 heteroatoms. The first kappa shape index (κ1) is 25.2. The van der Waals surface area contributed by atoms with E-state index in [1.54, 1.807) is 37.8 Å². The van der Waals surface area contributed by atoms with Gasteiger partial charge in [0.15, 0.2) is 0 Å². The second-order valence-corrected chi connectivity index (χ2v) is 9.63. The van der Waals surface area contributed by atoms with Crippen LogP contribution >= 0.6 is 0 Å². The fourth-order valence-corrected chi connectivity index (χ4v) is 4.99. The van der Waals surface area contributed by atoms with Gasteiger partial charge in [0.2, 0.25) is 0 Å². The minimum atomic E-state index is -0.266. The molecule has 0 fully saturated rings. The predicted octanol–water partition coefficient (Wildman–Crippen LogP) is 4.38. The smallest absolute Gasteiger partial charge is 0.269 e. The SMILES string of the molecule is CNC(=O)c1cc(Oc2ccc3c(c2)CC(NC(=O)c2cc(C)n(Cc4ccncc4)c2C)CC3)ccn1. The zero-order chi connectivity index (χ0) is 26.6. The van der Waals surface area contributed by atoms with Crippen molar-refractivity contribution in [2.24, 2.45) is 0 Å². The molecule has 3 aromatic heterocycles. The minimum absolute atomic E-state index is 0.0364. The van der Waals surface area contributed by atoms with Crippen molar-refractivity contribution in [3.05, 3.63) is 106 Å². The lowest BCUT2D eigenvalue weighted by atomic mass is 9.88. The summed E-state index contributed by atoms with van der Waals surface area (Å²) in [6.45, 7) is 4.73. The van der Waals surface area contributed by atoms with E-state index in [0.29, 0.717) is 29.3 Å². The van der Waals surface area contributed by atoms with Crippen molar-refractivity contribution < 1.29 is 14.3 Å². The van der Waals surface area contributed by atoms with Gasteiger partial charge in [-0.05, 0) is 86.2 Å². The zero-order valence-electron chi connectivity index (χ0n) is 21.8. The van der Waals surface area contributed by atoms with Gasteiger partial charge in [0, 0.05) is 55.7 Å². The van der Waals surface area contributed by atoms with Crippen LogP contribution in [0, 0.1) is 13.8 Å². The Morgan fingerprint density at radius 2 is 1.76 bits per heavy atom. The number of carbonyl (C=O) groups is 2. The Hall–Kier alpha value is -4.46. The summed E-state index contributed by atoms with van der Waals surface area (Å²) in [5.74, 6) is 0.918. The molecule has 1 unspecified atom stereocenters. The molecule has 2 N–H and O–H groups in total. The molecule has 0 bridgehead atoms. The summed E-state index contributed by atoms with van der Waals surface area (Å²) in [6, 6.07) is 15.4. The molecule has 3 heterocycles. The lowest BCUT2D eigenvalue weighted by Crippen LogP contribution is -2.39. The van der Waals surface area contributed by atoms with Crippen molar-refractivity contribution in [2.45, 2.75) is 45.7 Å². The third-order valence-electron chi connectivity index (χ3n) is 7.08. The molecule has 1 aromatic carbocycles. The summed E-state index contributed by atoms with van der Waals surface area (Å²) < 4.78 is 8.20. The molecule has 194 valence electrons. The predicted molar refractivity (Wildman–Crippen MR) is 145 cm³/mol.